The Morgan fingerprint density at radius 3 is 2.36 bits per heavy atom. The highest BCUT2D eigenvalue weighted by Crippen LogP contribution is 2.21. The van der Waals surface area contributed by atoms with E-state index in [0.717, 1.165) is 0 Å². The van der Waals surface area contributed by atoms with Crippen molar-refractivity contribution in [3.05, 3.63) is 23.8 Å². The second-order valence-corrected chi connectivity index (χ2v) is 4.95. The monoisotopic (exact) mass is 221 g/mol. The topological polar surface area (TPSA) is 60.2 Å². The molecule has 2 N–H and O–H groups in total. The molecule has 0 amide bonds. The summed E-state index contributed by atoms with van der Waals surface area (Å²) >= 11 is 0. The standard InChI is InChI=1S/C8H9F2NO2S/c1-2-14(12,13)8-4-5(9)7(11)3-6(8)10/h3-4H,2,11H2,1H3. The Morgan fingerprint density at radius 1 is 1.29 bits per heavy atom. The number of sulfone groups is 1. The van der Waals surface area contributed by atoms with E-state index in [-0.39, 0.29) is 5.75 Å². The molecule has 0 spiro atoms. The number of nitrogen functional groups attached to an aromatic ring is 1. The molecule has 0 saturated carbocycles. The third-order valence-electron chi connectivity index (χ3n) is 1.77. The summed E-state index contributed by atoms with van der Waals surface area (Å²) in [4.78, 5) is -0.647. The maximum atomic E-state index is 13.1. The van der Waals surface area contributed by atoms with Gasteiger partial charge in [0, 0.05) is 6.07 Å². The van der Waals surface area contributed by atoms with Crippen LogP contribution >= 0.6 is 0 Å². The molecule has 0 unspecified atom stereocenters. The first-order valence-electron chi connectivity index (χ1n) is 3.85. The maximum absolute atomic E-state index is 13.1. The number of halogens is 2. The van der Waals surface area contributed by atoms with Gasteiger partial charge in [0.2, 0.25) is 0 Å². The molecule has 6 heteroatoms. The van der Waals surface area contributed by atoms with Gasteiger partial charge in [-0.2, -0.15) is 0 Å². The van der Waals surface area contributed by atoms with E-state index >= 15 is 0 Å². The van der Waals surface area contributed by atoms with Crippen LogP contribution in [0.5, 0.6) is 0 Å². The van der Waals surface area contributed by atoms with Crippen LogP contribution in [0, 0.1) is 11.6 Å². The molecule has 1 rings (SSSR count). The number of benzene rings is 1. The molecule has 0 atom stereocenters. The minimum atomic E-state index is -3.74. The molecule has 0 radical (unpaired) electrons. The van der Waals surface area contributed by atoms with Crippen molar-refractivity contribution in [2.45, 2.75) is 11.8 Å². The minimum Gasteiger partial charge on any atom is -0.396 e. The second-order valence-electron chi connectivity index (χ2n) is 2.71. The Balaban J connectivity index is 3.45. The highest BCUT2D eigenvalue weighted by Gasteiger charge is 2.19. The average molecular weight is 221 g/mol. The quantitative estimate of drug-likeness (QED) is 0.766. The lowest BCUT2D eigenvalue weighted by molar-refractivity contribution is 0.556. The molecule has 0 aromatic heterocycles. The van der Waals surface area contributed by atoms with Gasteiger partial charge in [-0.15, -0.1) is 0 Å². The van der Waals surface area contributed by atoms with Crippen molar-refractivity contribution in [1.29, 1.82) is 0 Å². The molecular weight excluding hydrogens is 212 g/mol. The summed E-state index contributed by atoms with van der Waals surface area (Å²) in [6.45, 7) is 1.35. The Hall–Kier alpha value is -1.17. The fourth-order valence-corrected chi connectivity index (χ4v) is 1.89. The van der Waals surface area contributed by atoms with Crippen molar-refractivity contribution in [2.24, 2.45) is 0 Å². The Kier molecular flexibility index (Phi) is 2.75. The van der Waals surface area contributed by atoms with Crippen molar-refractivity contribution in [3.63, 3.8) is 0 Å². The third-order valence-corrected chi connectivity index (χ3v) is 3.51. The van der Waals surface area contributed by atoms with E-state index in [4.69, 9.17) is 5.73 Å². The van der Waals surface area contributed by atoms with Gasteiger partial charge in [-0.05, 0) is 6.07 Å². The van der Waals surface area contributed by atoms with E-state index < -0.39 is 32.1 Å². The van der Waals surface area contributed by atoms with Crippen LogP contribution in [0.25, 0.3) is 0 Å². The summed E-state index contributed by atoms with van der Waals surface area (Å²) in [5.41, 5.74) is 4.66. The number of hydrogen-bond donors (Lipinski definition) is 1. The molecule has 1 aromatic rings. The SMILES string of the molecule is CCS(=O)(=O)c1cc(F)c(N)cc1F. The smallest absolute Gasteiger partial charge is 0.181 e. The van der Waals surface area contributed by atoms with Gasteiger partial charge in [-0.3, -0.25) is 0 Å². The molecule has 0 fully saturated rings. The number of rotatable bonds is 2. The molecule has 3 nitrogen and oxygen atoms in total. The van der Waals surface area contributed by atoms with Crippen molar-refractivity contribution < 1.29 is 17.2 Å². The molecule has 1 aromatic carbocycles. The highest BCUT2D eigenvalue weighted by molar-refractivity contribution is 7.91. The van der Waals surface area contributed by atoms with Gasteiger partial charge in [0.25, 0.3) is 0 Å². The predicted molar refractivity (Wildman–Crippen MR) is 48.5 cm³/mol. The zero-order valence-electron chi connectivity index (χ0n) is 7.42. The predicted octanol–water partition coefficient (Wildman–Crippen LogP) is 1.34. The van der Waals surface area contributed by atoms with Crippen LogP contribution in [-0.2, 0) is 9.84 Å². The van der Waals surface area contributed by atoms with E-state index in [1.54, 1.807) is 0 Å². The summed E-state index contributed by atoms with van der Waals surface area (Å²) in [5, 5.41) is 0. The van der Waals surface area contributed by atoms with Gasteiger partial charge < -0.3 is 5.73 Å². The fraction of sp³-hybridized carbons (Fsp3) is 0.250. The van der Waals surface area contributed by atoms with Crippen molar-refractivity contribution in [2.75, 3.05) is 11.5 Å². The average Bonchev–Trinajstić information content (AvgIpc) is 2.11. The van der Waals surface area contributed by atoms with Gasteiger partial charge in [0.15, 0.2) is 9.84 Å². The lowest BCUT2D eigenvalue weighted by atomic mass is 10.3. The summed E-state index contributed by atoms with van der Waals surface area (Å²) in [5.74, 6) is -2.24. The van der Waals surface area contributed by atoms with E-state index in [9.17, 15) is 17.2 Å². The lowest BCUT2D eigenvalue weighted by Gasteiger charge is -2.04. The number of anilines is 1. The van der Waals surface area contributed by atoms with Gasteiger partial charge in [-0.1, -0.05) is 6.92 Å². The first kappa shape index (κ1) is 10.9. The van der Waals surface area contributed by atoms with E-state index in [1.807, 2.05) is 0 Å². The molecule has 14 heavy (non-hydrogen) atoms. The van der Waals surface area contributed by atoms with Crippen molar-refractivity contribution in [3.8, 4) is 0 Å². The zero-order chi connectivity index (χ0) is 10.9. The fourth-order valence-electron chi connectivity index (χ4n) is 0.938. The molecule has 0 aliphatic carbocycles. The lowest BCUT2D eigenvalue weighted by Crippen LogP contribution is -2.08. The summed E-state index contributed by atoms with van der Waals surface area (Å²) in [6, 6.07) is 1.27. The van der Waals surface area contributed by atoms with Crippen LogP contribution < -0.4 is 5.73 Å². The van der Waals surface area contributed by atoms with Gasteiger partial charge in [-0.25, -0.2) is 17.2 Å². The van der Waals surface area contributed by atoms with Gasteiger partial charge in [0.05, 0.1) is 11.4 Å². The Labute approximate surface area is 80.5 Å². The summed E-state index contributed by atoms with van der Waals surface area (Å²) in [7, 11) is -3.74. The van der Waals surface area contributed by atoms with E-state index in [1.165, 1.54) is 6.92 Å². The zero-order valence-corrected chi connectivity index (χ0v) is 8.24. The first-order chi connectivity index (χ1) is 6.38. The molecule has 0 aliphatic rings. The molecular formula is C8H9F2NO2S. The van der Waals surface area contributed by atoms with E-state index in [0.29, 0.717) is 12.1 Å². The third kappa shape index (κ3) is 1.84. The normalized spacial score (nSPS) is 11.6. The Morgan fingerprint density at radius 2 is 1.86 bits per heavy atom. The maximum Gasteiger partial charge on any atom is 0.181 e. The molecule has 0 bridgehead atoms. The van der Waals surface area contributed by atoms with Crippen LogP contribution in [0.1, 0.15) is 6.92 Å². The highest BCUT2D eigenvalue weighted by atomic mass is 32.2. The number of hydrogen-bond acceptors (Lipinski definition) is 3. The molecule has 0 saturated heterocycles. The Bertz CT molecular complexity index is 457. The minimum absolute atomic E-state index is 0.284. The van der Waals surface area contributed by atoms with Crippen LogP contribution in [0.2, 0.25) is 0 Å². The summed E-state index contributed by atoms with van der Waals surface area (Å²) < 4.78 is 48.4. The van der Waals surface area contributed by atoms with Gasteiger partial charge >= 0.3 is 0 Å². The largest absolute Gasteiger partial charge is 0.396 e. The van der Waals surface area contributed by atoms with Crippen molar-refractivity contribution >= 4 is 15.5 Å². The van der Waals surface area contributed by atoms with Crippen molar-refractivity contribution in [1.82, 2.24) is 0 Å². The number of nitrogens with two attached hydrogens (primary N) is 1. The molecule has 78 valence electrons. The van der Waals surface area contributed by atoms with Crippen LogP contribution in [0.15, 0.2) is 17.0 Å². The second kappa shape index (κ2) is 3.53. The van der Waals surface area contributed by atoms with E-state index in [2.05, 4.69) is 0 Å². The summed E-state index contributed by atoms with van der Waals surface area (Å²) in [6.07, 6.45) is 0. The molecule has 0 heterocycles. The van der Waals surface area contributed by atoms with Gasteiger partial charge in [0.1, 0.15) is 16.5 Å². The molecule has 0 aliphatic heterocycles. The van der Waals surface area contributed by atoms with Crippen LogP contribution in [0.3, 0.4) is 0 Å². The first-order valence-corrected chi connectivity index (χ1v) is 5.51. The van der Waals surface area contributed by atoms with Crippen LogP contribution in [-0.4, -0.2) is 14.2 Å². The van der Waals surface area contributed by atoms with Crippen LogP contribution in [0.4, 0.5) is 14.5 Å².